The van der Waals surface area contributed by atoms with E-state index in [0.717, 1.165) is 109 Å². The van der Waals surface area contributed by atoms with E-state index in [4.69, 9.17) is 13.8 Å². The van der Waals surface area contributed by atoms with E-state index in [1.165, 1.54) is 116 Å². The Morgan fingerprint density at radius 1 is 0.487 bits per heavy atom. The van der Waals surface area contributed by atoms with Gasteiger partial charge in [-0.2, -0.15) is 0 Å². The topological polar surface area (TPSA) is 111 Å². The minimum atomic E-state index is -4.46. The van der Waals surface area contributed by atoms with E-state index in [2.05, 4.69) is 111 Å². The molecule has 3 atom stereocenters. The number of esters is 1. The maximum Gasteiger partial charge on any atom is 0.472 e. The summed E-state index contributed by atoms with van der Waals surface area (Å²) in [4.78, 5) is 37.7. The van der Waals surface area contributed by atoms with Crippen LogP contribution in [0.25, 0.3) is 0 Å². The molecule has 0 spiro atoms. The van der Waals surface area contributed by atoms with Crippen LogP contribution >= 0.6 is 7.82 Å². The van der Waals surface area contributed by atoms with Gasteiger partial charge in [-0.25, -0.2) is 4.57 Å². The lowest BCUT2D eigenvalue weighted by molar-refractivity contribution is -0.870. The Kier molecular flexibility index (Phi) is 53.0. The van der Waals surface area contributed by atoms with Crippen LogP contribution in [0.15, 0.2) is 97.2 Å². The average molecular weight is 1080 g/mol. The van der Waals surface area contributed by atoms with Crippen LogP contribution in [0.5, 0.6) is 0 Å². The second-order valence-electron chi connectivity index (χ2n) is 21.9. The number of carbonyl (C=O) groups excluding carboxylic acids is 2. The molecule has 0 aliphatic rings. The molecule has 0 aromatic rings. The molecule has 3 unspecified atom stereocenters. The van der Waals surface area contributed by atoms with Gasteiger partial charge >= 0.3 is 13.8 Å². The summed E-state index contributed by atoms with van der Waals surface area (Å²) < 4.78 is 30.7. The standard InChI is InChI=1S/C66H117N2O7P/c1-7-10-13-16-19-22-25-28-30-31-32-33-34-35-36-37-39-40-43-46-49-52-55-58-65(69)67-63(62-74-76(71,72)73-61-60-68(4,5)6)64(57-54-51-48-45-42-27-24-21-18-15-12-9-3)75-66(70)59-56-53-50-47-44-41-38-29-26-23-20-17-14-11-8-2/h11,14,17,19-20,22-23,26,28,30,32-33,35-36,54,57,63-64H,7-10,12-13,15-16,18,21,24-25,27,29,31,34,37-53,55-56,58-62H2,1-6H3,(H-,67,69,71,72)/p+1/b14-11+,20-17+,22-19-,26-23+,30-28-,33-32-,36-35-,57-54-. The molecule has 0 bridgehead atoms. The number of hydrogen-bond acceptors (Lipinski definition) is 6. The highest BCUT2D eigenvalue weighted by atomic mass is 31.2. The van der Waals surface area contributed by atoms with Crippen molar-refractivity contribution >= 4 is 19.7 Å². The smallest absolute Gasteiger partial charge is 0.456 e. The quantitative estimate of drug-likeness (QED) is 0.0156. The Labute approximate surface area is 468 Å². The van der Waals surface area contributed by atoms with Gasteiger partial charge in [-0.05, 0) is 96.0 Å². The van der Waals surface area contributed by atoms with Crippen molar-refractivity contribution in [1.29, 1.82) is 0 Å². The third-order valence-electron chi connectivity index (χ3n) is 13.3. The lowest BCUT2D eigenvalue weighted by Crippen LogP contribution is -2.47. The molecule has 0 aromatic heterocycles. The van der Waals surface area contributed by atoms with Crippen LogP contribution in [0.1, 0.15) is 258 Å². The summed E-state index contributed by atoms with van der Waals surface area (Å²) in [6, 6.07) is -0.865. The number of unbranched alkanes of at least 4 members (excludes halogenated alkanes) is 27. The van der Waals surface area contributed by atoms with Gasteiger partial charge in [-0.1, -0.05) is 247 Å². The number of likely N-dealkylation sites (N-methyl/N-ethyl adjacent to an activating group) is 1. The van der Waals surface area contributed by atoms with Crippen molar-refractivity contribution in [2.75, 3.05) is 40.9 Å². The van der Waals surface area contributed by atoms with E-state index in [1.807, 2.05) is 33.3 Å². The van der Waals surface area contributed by atoms with Crippen LogP contribution < -0.4 is 5.32 Å². The molecule has 0 heterocycles. The highest BCUT2D eigenvalue weighted by Crippen LogP contribution is 2.43. The van der Waals surface area contributed by atoms with Crippen molar-refractivity contribution in [1.82, 2.24) is 5.32 Å². The molecule has 76 heavy (non-hydrogen) atoms. The third kappa shape index (κ3) is 55.7. The van der Waals surface area contributed by atoms with Crippen molar-refractivity contribution < 1.29 is 37.3 Å². The molecule has 0 saturated carbocycles. The summed E-state index contributed by atoms with van der Waals surface area (Å²) in [5.74, 6) is -0.535. The second-order valence-corrected chi connectivity index (χ2v) is 23.4. The van der Waals surface area contributed by atoms with Gasteiger partial charge in [0.25, 0.3) is 0 Å². The van der Waals surface area contributed by atoms with E-state index in [-0.39, 0.29) is 31.5 Å². The van der Waals surface area contributed by atoms with Crippen LogP contribution in [0.4, 0.5) is 0 Å². The zero-order valence-corrected chi connectivity index (χ0v) is 50.9. The minimum absolute atomic E-state index is 0.0312. The van der Waals surface area contributed by atoms with Crippen molar-refractivity contribution in [3.05, 3.63) is 97.2 Å². The zero-order valence-electron chi connectivity index (χ0n) is 50.0. The van der Waals surface area contributed by atoms with Gasteiger partial charge in [0, 0.05) is 12.8 Å². The largest absolute Gasteiger partial charge is 0.472 e. The van der Waals surface area contributed by atoms with E-state index in [1.54, 1.807) is 0 Å². The van der Waals surface area contributed by atoms with Crippen molar-refractivity contribution in [2.45, 2.75) is 270 Å². The Balaban J connectivity index is 5.25. The number of phosphoric ester groups is 1. The maximum absolute atomic E-state index is 13.6. The molecule has 2 N–H and O–H groups in total. The number of allylic oxidation sites excluding steroid dienone is 15. The molecule has 0 aliphatic carbocycles. The molecular formula is C66H118N2O7P+. The molecule has 0 rings (SSSR count). The Hall–Kier alpha value is -3.07. The zero-order chi connectivity index (χ0) is 55.7. The highest BCUT2D eigenvalue weighted by Gasteiger charge is 2.30. The van der Waals surface area contributed by atoms with Crippen molar-refractivity contribution in [3.8, 4) is 0 Å². The molecule has 0 fully saturated rings. The van der Waals surface area contributed by atoms with E-state index in [9.17, 15) is 19.0 Å². The van der Waals surface area contributed by atoms with Crippen LogP contribution in [-0.4, -0.2) is 74.3 Å². The van der Waals surface area contributed by atoms with Crippen molar-refractivity contribution in [2.24, 2.45) is 0 Å². The summed E-state index contributed by atoms with van der Waals surface area (Å²) in [6.45, 7) is 6.83. The number of nitrogens with one attached hydrogen (secondary N) is 1. The van der Waals surface area contributed by atoms with Crippen molar-refractivity contribution in [3.63, 3.8) is 0 Å². The Bertz CT molecular complexity index is 1620. The number of ether oxygens (including phenoxy) is 1. The number of nitrogens with zero attached hydrogens (tertiary/aromatic N) is 1. The van der Waals surface area contributed by atoms with Gasteiger partial charge in [-0.3, -0.25) is 18.6 Å². The first kappa shape index (κ1) is 72.9. The molecule has 438 valence electrons. The van der Waals surface area contributed by atoms with Gasteiger partial charge < -0.3 is 19.4 Å². The first-order chi connectivity index (χ1) is 36.9. The van der Waals surface area contributed by atoms with Gasteiger partial charge in [0.2, 0.25) is 5.91 Å². The number of carbonyl (C=O) groups is 2. The van der Waals surface area contributed by atoms with Crippen LogP contribution in [0, 0.1) is 0 Å². The van der Waals surface area contributed by atoms with Gasteiger partial charge in [0.15, 0.2) is 0 Å². The van der Waals surface area contributed by atoms with Gasteiger partial charge in [0.05, 0.1) is 33.8 Å². The minimum Gasteiger partial charge on any atom is -0.456 e. The van der Waals surface area contributed by atoms with Gasteiger partial charge in [0.1, 0.15) is 19.3 Å². The normalized spacial score (nSPS) is 14.4. The average Bonchev–Trinajstić information content (AvgIpc) is 3.38. The van der Waals surface area contributed by atoms with E-state index in [0.29, 0.717) is 17.4 Å². The lowest BCUT2D eigenvalue weighted by atomic mass is 10.0. The molecule has 10 heteroatoms. The van der Waals surface area contributed by atoms with Crippen LogP contribution in [0.3, 0.4) is 0 Å². The molecule has 0 radical (unpaired) electrons. The number of quaternary nitrogens is 1. The van der Waals surface area contributed by atoms with Crippen LogP contribution in [-0.2, 0) is 27.9 Å². The fraction of sp³-hybridized carbons (Fsp3) is 0.727. The first-order valence-electron chi connectivity index (χ1n) is 31.1. The molecular weight excluding hydrogens is 964 g/mol. The highest BCUT2D eigenvalue weighted by molar-refractivity contribution is 7.47. The predicted molar refractivity (Wildman–Crippen MR) is 327 cm³/mol. The SMILES string of the molecule is CC/C=C/C=C/C=C/CCCCCCCCCC(=O)OC(/C=C\CCCCCCCCCCCC)C(COP(=O)(O)OCC[N+](C)(C)C)NC(=O)CCCCCCCCC/C=C\C/C=C\C/C=C\C/C=C\CCCCC. The summed E-state index contributed by atoms with van der Waals surface area (Å²) in [7, 11) is 1.47. The molecule has 9 nitrogen and oxygen atoms in total. The number of rotatable bonds is 55. The first-order valence-corrected chi connectivity index (χ1v) is 32.6. The summed E-state index contributed by atoms with van der Waals surface area (Å²) in [5, 5.41) is 3.05. The number of amides is 1. The fourth-order valence-corrected chi connectivity index (χ4v) is 9.25. The molecule has 0 aromatic carbocycles. The monoisotopic (exact) mass is 1080 g/mol. The molecule has 1 amide bonds. The predicted octanol–water partition coefficient (Wildman–Crippen LogP) is 19.2. The molecule has 0 saturated heterocycles. The maximum atomic E-state index is 13.6. The van der Waals surface area contributed by atoms with E-state index < -0.39 is 20.0 Å². The number of phosphoric acid groups is 1. The Morgan fingerprint density at radius 3 is 1.39 bits per heavy atom. The summed E-state index contributed by atoms with van der Waals surface area (Å²) in [5.41, 5.74) is 0. The third-order valence-corrected chi connectivity index (χ3v) is 14.3. The van der Waals surface area contributed by atoms with E-state index >= 15 is 0 Å². The number of hydrogen-bond donors (Lipinski definition) is 2. The van der Waals surface area contributed by atoms with Gasteiger partial charge in [-0.15, -0.1) is 0 Å². The second kappa shape index (κ2) is 55.3. The lowest BCUT2D eigenvalue weighted by Gasteiger charge is -2.27. The Morgan fingerprint density at radius 2 is 0.895 bits per heavy atom. The molecule has 0 aliphatic heterocycles. The summed E-state index contributed by atoms with van der Waals surface area (Å²) in [6.07, 6.45) is 74.0. The fourth-order valence-electron chi connectivity index (χ4n) is 8.51. The van der Waals surface area contributed by atoms with Crippen LogP contribution in [0.2, 0.25) is 0 Å². The summed E-state index contributed by atoms with van der Waals surface area (Å²) >= 11 is 0.